The Hall–Kier alpha value is -3.98. The van der Waals surface area contributed by atoms with Crippen LogP contribution in [-0.4, -0.2) is 11.7 Å². The van der Waals surface area contributed by atoms with Crippen LogP contribution in [0.25, 0.3) is 28.0 Å². The second-order valence-electron chi connectivity index (χ2n) is 9.88. The van der Waals surface area contributed by atoms with E-state index >= 15 is 0 Å². The molecular formula is C34H33NO2. The van der Waals surface area contributed by atoms with Gasteiger partial charge in [0.1, 0.15) is 0 Å². The van der Waals surface area contributed by atoms with E-state index in [4.69, 9.17) is 0 Å². The van der Waals surface area contributed by atoms with Crippen molar-refractivity contribution in [2.75, 3.05) is 5.32 Å². The molecule has 4 aromatic carbocycles. The van der Waals surface area contributed by atoms with Crippen LogP contribution in [0.5, 0.6) is 0 Å². The molecule has 0 fully saturated rings. The number of ketones is 1. The molecule has 0 unspecified atom stereocenters. The lowest BCUT2D eigenvalue weighted by Crippen LogP contribution is -2.15. The van der Waals surface area contributed by atoms with E-state index in [1.807, 2.05) is 60.7 Å². The second kappa shape index (κ2) is 11.4. The molecule has 1 aliphatic rings. The van der Waals surface area contributed by atoms with Crippen LogP contribution >= 0.6 is 0 Å². The molecular weight excluding hydrogens is 454 g/mol. The number of aryl methyl sites for hydroxylation is 1. The zero-order chi connectivity index (χ0) is 25.6. The predicted octanol–water partition coefficient (Wildman–Crippen LogP) is 8.87. The summed E-state index contributed by atoms with van der Waals surface area (Å²) >= 11 is 0. The molecule has 3 nitrogen and oxygen atoms in total. The van der Waals surface area contributed by atoms with Gasteiger partial charge < -0.3 is 5.32 Å². The normalized spacial score (nSPS) is 12.2. The van der Waals surface area contributed by atoms with E-state index in [0.29, 0.717) is 16.8 Å². The van der Waals surface area contributed by atoms with Crippen molar-refractivity contribution in [1.29, 1.82) is 0 Å². The van der Waals surface area contributed by atoms with Crippen LogP contribution in [0.3, 0.4) is 0 Å². The topological polar surface area (TPSA) is 46.2 Å². The maximum Gasteiger partial charge on any atom is 0.255 e. The monoisotopic (exact) mass is 487 g/mol. The van der Waals surface area contributed by atoms with E-state index in [1.54, 1.807) is 6.08 Å². The van der Waals surface area contributed by atoms with Gasteiger partial charge in [-0.3, -0.25) is 9.59 Å². The molecule has 0 aliphatic heterocycles. The van der Waals surface area contributed by atoms with E-state index in [1.165, 1.54) is 44.1 Å². The summed E-state index contributed by atoms with van der Waals surface area (Å²) in [5.74, 6) is -0.314. The SMILES string of the molecule is CCCCCCCCc1ccc(-c2ccc(C(=O)Nc3ccc4cccc5c4c3C(=O)C=C5)cc2)cc1. The minimum atomic E-state index is -0.226. The van der Waals surface area contributed by atoms with E-state index in [0.717, 1.165) is 33.9 Å². The van der Waals surface area contributed by atoms with Crippen LogP contribution in [0.2, 0.25) is 0 Å². The molecule has 4 aromatic rings. The molecule has 186 valence electrons. The lowest BCUT2D eigenvalue weighted by atomic mass is 9.91. The first-order valence-corrected chi connectivity index (χ1v) is 13.4. The summed E-state index contributed by atoms with van der Waals surface area (Å²) in [4.78, 5) is 25.8. The zero-order valence-electron chi connectivity index (χ0n) is 21.4. The van der Waals surface area contributed by atoms with Crippen molar-refractivity contribution in [2.24, 2.45) is 0 Å². The summed E-state index contributed by atoms with van der Waals surface area (Å²) < 4.78 is 0. The Morgan fingerprint density at radius 2 is 1.43 bits per heavy atom. The van der Waals surface area contributed by atoms with E-state index in [9.17, 15) is 9.59 Å². The molecule has 0 spiro atoms. The molecule has 3 heteroatoms. The number of nitrogens with one attached hydrogen (secondary N) is 1. The molecule has 0 radical (unpaired) electrons. The first-order valence-electron chi connectivity index (χ1n) is 13.4. The number of rotatable bonds is 10. The zero-order valence-corrected chi connectivity index (χ0v) is 21.4. The number of benzene rings is 4. The van der Waals surface area contributed by atoms with Gasteiger partial charge in [0.15, 0.2) is 5.78 Å². The number of allylic oxidation sites excluding steroid dienone is 1. The van der Waals surface area contributed by atoms with Crippen LogP contribution < -0.4 is 5.32 Å². The largest absolute Gasteiger partial charge is 0.321 e. The maximum atomic E-state index is 13.1. The number of anilines is 1. The molecule has 0 atom stereocenters. The van der Waals surface area contributed by atoms with Crippen molar-refractivity contribution in [1.82, 2.24) is 0 Å². The number of hydrogen-bond donors (Lipinski definition) is 1. The highest BCUT2D eigenvalue weighted by molar-refractivity contribution is 6.24. The van der Waals surface area contributed by atoms with E-state index in [2.05, 4.69) is 36.5 Å². The highest BCUT2D eigenvalue weighted by Gasteiger charge is 2.20. The molecule has 0 saturated carbocycles. The number of carbonyl (C=O) groups is 2. The summed E-state index contributed by atoms with van der Waals surface area (Å²) in [7, 11) is 0. The molecule has 0 bridgehead atoms. The minimum Gasteiger partial charge on any atom is -0.321 e. The van der Waals surface area contributed by atoms with Crippen LogP contribution in [-0.2, 0) is 6.42 Å². The van der Waals surface area contributed by atoms with Gasteiger partial charge in [-0.05, 0) is 64.8 Å². The van der Waals surface area contributed by atoms with Crippen LogP contribution in [0.15, 0.2) is 84.9 Å². The van der Waals surface area contributed by atoms with Crippen LogP contribution in [0.4, 0.5) is 5.69 Å². The fourth-order valence-electron chi connectivity index (χ4n) is 5.14. The predicted molar refractivity (Wildman–Crippen MR) is 154 cm³/mol. The molecule has 1 amide bonds. The van der Waals surface area contributed by atoms with Crippen molar-refractivity contribution in [3.8, 4) is 11.1 Å². The molecule has 0 aromatic heterocycles. The quantitative estimate of drug-likeness (QED) is 0.227. The van der Waals surface area contributed by atoms with Gasteiger partial charge in [0.25, 0.3) is 5.91 Å². The van der Waals surface area contributed by atoms with Crippen molar-refractivity contribution in [2.45, 2.75) is 51.9 Å². The van der Waals surface area contributed by atoms with E-state index < -0.39 is 0 Å². The first-order chi connectivity index (χ1) is 18.1. The second-order valence-corrected chi connectivity index (χ2v) is 9.88. The molecule has 37 heavy (non-hydrogen) atoms. The van der Waals surface area contributed by atoms with Crippen molar-refractivity contribution in [3.63, 3.8) is 0 Å². The van der Waals surface area contributed by atoms with Gasteiger partial charge in [-0.15, -0.1) is 0 Å². The molecule has 0 heterocycles. The summed E-state index contributed by atoms with van der Waals surface area (Å²) in [6.45, 7) is 2.25. The third-order valence-corrected chi connectivity index (χ3v) is 7.24. The van der Waals surface area contributed by atoms with Crippen molar-refractivity contribution in [3.05, 3.63) is 107 Å². The molecule has 0 saturated heterocycles. The summed E-state index contributed by atoms with van der Waals surface area (Å²) in [6.07, 6.45) is 12.4. The Balaban J connectivity index is 1.24. The number of unbranched alkanes of at least 4 members (excludes halogenated alkanes) is 5. The van der Waals surface area contributed by atoms with Gasteiger partial charge in [-0.25, -0.2) is 0 Å². The molecule has 1 aliphatic carbocycles. The molecule has 1 N–H and O–H groups in total. The van der Waals surface area contributed by atoms with Gasteiger partial charge in [0.05, 0.1) is 11.3 Å². The summed E-state index contributed by atoms with van der Waals surface area (Å²) in [6, 6.07) is 26.1. The standard InChI is InChI=1S/C34H33NO2/c1-2-3-4-5-6-7-9-24-12-14-25(15-13-24)26-16-18-29(19-17-26)34(37)35-30-22-20-27-10-8-11-28-21-23-31(36)33(30)32(27)28/h8,10-23H,2-7,9H2,1H3,(H,35,37). The minimum absolute atomic E-state index is 0.0881. The summed E-state index contributed by atoms with van der Waals surface area (Å²) in [5.41, 5.74) is 6.25. The highest BCUT2D eigenvalue weighted by atomic mass is 16.1. The fraction of sp³-hybridized carbons (Fsp3) is 0.235. The summed E-state index contributed by atoms with van der Waals surface area (Å²) in [5, 5.41) is 4.85. The fourth-order valence-corrected chi connectivity index (χ4v) is 5.14. The average molecular weight is 488 g/mol. The van der Waals surface area contributed by atoms with Gasteiger partial charge in [-0.1, -0.05) is 106 Å². The Kier molecular flexibility index (Phi) is 7.60. The van der Waals surface area contributed by atoms with E-state index in [-0.39, 0.29) is 11.7 Å². The first kappa shape index (κ1) is 24.7. The lowest BCUT2D eigenvalue weighted by Gasteiger charge is -2.16. The highest BCUT2D eigenvalue weighted by Crippen LogP contribution is 2.34. The van der Waals surface area contributed by atoms with Crippen LogP contribution in [0.1, 0.15) is 77.3 Å². The Morgan fingerprint density at radius 3 is 2.19 bits per heavy atom. The number of amides is 1. The van der Waals surface area contributed by atoms with Crippen molar-refractivity contribution < 1.29 is 9.59 Å². The Labute approximate surface area is 219 Å². The average Bonchev–Trinajstić information content (AvgIpc) is 2.94. The van der Waals surface area contributed by atoms with Gasteiger partial charge in [0.2, 0.25) is 0 Å². The van der Waals surface area contributed by atoms with Crippen LogP contribution in [0, 0.1) is 0 Å². The van der Waals surface area contributed by atoms with Gasteiger partial charge >= 0.3 is 0 Å². The lowest BCUT2D eigenvalue weighted by molar-refractivity contribution is 0.102. The smallest absolute Gasteiger partial charge is 0.255 e. The third kappa shape index (κ3) is 5.56. The Morgan fingerprint density at radius 1 is 0.730 bits per heavy atom. The number of hydrogen-bond acceptors (Lipinski definition) is 2. The van der Waals surface area contributed by atoms with Gasteiger partial charge in [0, 0.05) is 10.9 Å². The van der Waals surface area contributed by atoms with Crippen molar-refractivity contribution >= 4 is 34.2 Å². The maximum absolute atomic E-state index is 13.1. The van der Waals surface area contributed by atoms with Gasteiger partial charge in [-0.2, -0.15) is 0 Å². The molecule has 5 rings (SSSR count). The Bertz CT molecular complexity index is 1450. The number of carbonyl (C=O) groups excluding carboxylic acids is 2. The third-order valence-electron chi connectivity index (χ3n) is 7.24.